The molecule has 1 atom stereocenters. The summed E-state index contributed by atoms with van der Waals surface area (Å²) in [5.74, 6) is -1.09. The highest BCUT2D eigenvalue weighted by atomic mass is 19.1. The summed E-state index contributed by atoms with van der Waals surface area (Å²) < 4.78 is 23.1. The van der Waals surface area contributed by atoms with Crippen LogP contribution in [0.3, 0.4) is 0 Å². The van der Waals surface area contributed by atoms with Gasteiger partial charge in [0.15, 0.2) is 0 Å². The molecular formula is C16H22FNO5. The van der Waals surface area contributed by atoms with Gasteiger partial charge in [-0.15, -0.1) is 0 Å². The first-order chi connectivity index (χ1) is 10.8. The van der Waals surface area contributed by atoms with Crippen molar-refractivity contribution in [3.05, 3.63) is 30.1 Å². The van der Waals surface area contributed by atoms with Crippen molar-refractivity contribution in [1.82, 2.24) is 5.32 Å². The number of hydrogen-bond donors (Lipinski definition) is 2. The van der Waals surface area contributed by atoms with E-state index in [0.29, 0.717) is 18.8 Å². The Kier molecular flexibility index (Phi) is 7.47. The maximum atomic E-state index is 12.7. The van der Waals surface area contributed by atoms with Crippen LogP contribution in [0.2, 0.25) is 0 Å². The Labute approximate surface area is 134 Å². The molecule has 0 saturated carbocycles. The van der Waals surface area contributed by atoms with E-state index in [0.717, 1.165) is 0 Å². The van der Waals surface area contributed by atoms with Crippen LogP contribution in [0.25, 0.3) is 0 Å². The highest BCUT2D eigenvalue weighted by Gasteiger charge is 2.29. The van der Waals surface area contributed by atoms with Crippen molar-refractivity contribution in [3.63, 3.8) is 0 Å². The van der Waals surface area contributed by atoms with Crippen molar-refractivity contribution >= 4 is 11.9 Å². The Morgan fingerprint density at radius 1 is 1.30 bits per heavy atom. The molecule has 1 amide bonds. The van der Waals surface area contributed by atoms with E-state index >= 15 is 0 Å². The smallest absolute Gasteiger partial charge is 0.305 e. The molecule has 0 spiro atoms. The van der Waals surface area contributed by atoms with Gasteiger partial charge in [0.25, 0.3) is 0 Å². The van der Waals surface area contributed by atoms with Crippen LogP contribution in [0, 0.1) is 5.82 Å². The normalized spacial score (nSPS) is 13.2. The third-order valence-electron chi connectivity index (χ3n) is 3.08. The number of carbonyl (C=O) groups is 2. The minimum Gasteiger partial charge on any atom is -0.494 e. The number of benzene rings is 1. The lowest BCUT2D eigenvalue weighted by atomic mass is 9.98. The molecule has 1 aromatic carbocycles. The largest absolute Gasteiger partial charge is 0.494 e. The summed E-state index contributed by atoms with van der Waals surface area (Å²) >= 11 is 0. The van der Waals surface area contributed by atoms with E-state index < -0.39 is 11.5 Å². The summed E-state index contributed by atoms with van der Waals surface area (Å²) in [6, 6.07) is 5.62. The molecular weight excluding hydrogens is 305 g/mol. The van der Waals surface area contributed by atoms with Crippen LogP contribution < -0.4 is 10.1 Å². The van der Waals surface area contributed by atoms with Crippen molar-refractivity contribution in [2.24, 2.45) is 0 Å². The van der Waals surface area contributed by atoms with Gasteiger partial charge in [-0.05, 0) is 37.6 Å². The average molecular weight is 327 g/mol. The SMILES string of the molecule is COC[C@](C)(CC(=O)O)NC(=O)CCCOc1ccc(F)cc1. The van der Waals surface area contributed by atoms with Crippen LogP contribution in [0.15, 0.2) is 24.3 Å². The minimum absolute atomic E-state index is 0.108. The number of aliphatic carboxylic acids is 1. The third-order valence-corrected chi connectivity index (χ3v) is 3.08. The van der Waals surface area contributed by atoms with E-state index in [1.165, 1.54) is 31.4 Å². The maximum absolute atomic E-state index is 12.7. The molecule has 1 rings (SSSR count). The van der Waals surface area contributed by atoms with Crippen LogP contribution in [0.4, 0.5) is 4.39 Å². The summed E-state index contributed by atoms with van der Waals surface area (Å²) in [5.41, 5.74) is -0.949. The summed E-state index contributed by atoms with van der Waals surface area (Å²) in [7, 11) is 1.45. The molecule has 6 nitrogen and oxygen atoms in total. The molecule has 0 aromatic heterocycles. The molecule has 0 aliphatic carbocycles. The Morgan fingerprint density at radius 3 is 2.52 bits per heavy atom. The number of halogens is 1. The van der Waals surface area contributed by atoms with Crippen LogP contribution in [-0.4, -0.2) is 42.8 Å². The number of rotatable bonds is 10. The van der Waals surface area contributed by atoms with Gasteiger partial charge >= 0.3 is 5.97 Å². The monoisotopic (exact) mass is 327 g/mol. The van der Waals surface area contributed by atoms with E-state index in [4.69, 9.17) is 14.6 Å². The molecule has 23 heavy (non-hydrogen) atoms. The Balaban J connectivity index is 2.34. The second-order valence-electron chi connectivity index (χ2n) is 5.52. The van der Waals surface area contributed by atoms with Gasteiger partial charge in [0.1, 0.15) is 11.6 Å². The van der Waals surface area contributed by atoms with E-state index in [1.54, 1.807) is 6.92 Å². The summed E-state index contributed by atoms with van der Waals surface area (Å²) in [5, 5.41) is 11.6. The molecule has 0 aliphatic heterocycles. The van der Waals surface area contributed by atoms with Gasteiger partial charge < -0.3 is 19.9 Å². The highest BCUT2D eigenvalue weighted by molar-refractivity contribution is 5.78. The van der Waals surface area contributed by atoms with Crippen molar-refractivity contribution in [1.29, 1.82) is 0 Å². The number of amides is 1. The molecule has 7 heteroatoms. The summed E-state index contributed by atoms with van der Waals surface area (Å²) in [6.07, 6.45) is 0.429. The second-order valence-corrected chi connectivity index (χ2v) is 5.52. The van der Waals surface area contributed by atoms with Gasteiger partial charge in [0.2, 0.25) is 5.91 Å². The first kappa shape index (κ1) is 18.9. The fourth-order valence-electron chi connectivity index (χ4n) is 2.14. The van der Waals surface area contributed by atoms with Gasteiger partial charge in [0, 0.05) is 13.5 Å². The molecule has 0 bridgehead atoms. The topological polar surface area (TPSA) is 84.9 Å². The van der Waals surface area contributed by atoms with Crippen molar-refractivity contribution < 1.29 is 28.6 Å². The molecule has 1 aromatic rings. The third kappa shape index (κ3) is 7.60. The highest BCUT2D eigenvalue weighted by Crippen LogP contribution is 2.13. The molecule has 2 N–H and O–H groups in total. The lowest BCUT2D eigenvalue weighted by Crippen LogP contribution is -2.50. The predicted octanol–water partition coefficient (Wildman–Crippen LogP) is 1.98. The predicted molar refractivity (Wildman–Crippen MR) is 81.8 cm³/mol. The zero-order chi connectivity index (χ0) is 17.3. The van der Waals surface area contributed by atoms with E-state index in [1.807, 2.05) is 0 Å². The average Bonchev–Trinajstić information content (AvgIpc) is 2.44. The van der Waals surface area contributed by atoms with Crippen molar-refractivity contribution in [2.45, 2.75) is 31.7 Å². The van der Waals surface area contributed by atoms with Gasteiger partial charge in [-0.3, -0.25) is 9.59 Å². The molecule has 0 radical (unpaired) electrons. The first-order valence-electron chi connectivity index (χ1n) is 7.25. The second kappa shape index (κ2) is 9.09. The van der Waals surface area contributed by atoms with E-state index in [2.05, 4.69) is 5.32 Å². The van der Waals surface area contributed by atoms with E-state index in [9.17, 15) is 14.0 Å². The van der Waals surface area contributed by atoms with Crippen LogP contribution >= 0.6 is 0 Å². The van der Waals surface area contributed by atoms with Crippen LogP contribution in [0.5, 0.6) is 5.75 Å². The standard InChI is InChI=1S/C16H22FNO5/c1-16(11-22-2,10-15(20)21)18-14(19)4-3-9-23-13-7-5-12(17)6-8-13/h5-8H,3-4,9-11H2,1-2H3,(H,18,19)(H,20,21)/t16-/m0/s1. The number of methoxy groups -OCH3 is 1. The van der Waals surface area contributed by atoms with E-state index in [-0.39, 0.29) is 31.2 Å². The van der Waals surface area contributed by atoms with Crippen molar-refractivity contribution in [2.75, 3.05) is 20.3 Å². The lowest BCUT2D eigenvalue weighted by molar-refractivity contribution is -0.139. The molecule has 0 fully saturated rings. The first-order valence-corrected chi connectivity index (χ1v) is 7.25. The minimum atomic E-state index is -1.01. The number of ether oxygens (including phenoxy) is 2. The number of hydrogen-bond acceptors (Lipinski definition) is 4. The van der Waals surface area contributed by atoms with Crippen molar-refractivity contribution in [3.8, 4) is 5.75 Å². The summed E-state index contributed by atoms with van der Waals surface area (Å²) in [6.45, 7) is 2.04. The molecule has 0 saturated heterocycles. The van der Waals surface area contributed by atoms with Gasteiger partial charge in [-0.1, -0.05) is 0 Å². The van der Waals surface area contributed by atoms with Gasteiger partial charge in [-0.25, -0.2) is 4.39 Å². The number of carbonyl (C=O) groups excluding carboxylic acids is 1. The zero-order valence-corrected chi connectivity index (χ0v) is 13.3. The lowest BCUT2D eigenvalue weighted by Gasteiger charge is -2.28. The number of carboxylic acid groups (broad SMARTS) is 1. The van der Waals surface area contributed by atoms with Crippen LogP contribution in [-0.2, 0) is 14.3 Å². The van der Waals surface area contributed by atoms with Crippen LogP contribution in [0.1, 0.15) is 26.2 Å². The number of carboxylic acids is 1. The molecule has 0 unspecified atom stereocenters. The van der Waals surface area contributed by atoms with Gasteiger partial charge in [-0.2, -0.15) is 0 Å². The number of nitrogens with one attached hydrogen (secondary N) is 1. The molecule has 0 aliphatic rings. The van der Waals surface area contributed by atoms with Gasteiger partial charge in [0.05, 0.1) is 25.2 Å². The Morgan fingerprint density at radius 2 is 1.96 bits per heavy atom. The Hall–Kier alpha value is -2.15. The molecule has 0 heterocycles. The molecule has 128 valence electrons. The fourth-order valence-corrected chi connectivity index (χ4v) is 2.14. The zero-order valence-electron chi connectivity index (χ0n) is 13.3. The fraction of sp³-hybridized carbons (Fsp3) is 0.500. The maximum Gasteiger partial charge on any atom is 0.305 e. The Bertz CT molecular complexity index is 520. The quantitative estimate of drug-likeness (QED) is 0.642. The summed E-state index contributed by atoms with van der Waals surface area (Å²) in [4.78, 5) is 22.8.